The second kappa shape index (κ2) is 6.24. The zero-order chi connectivity index (χ0) is 13.7. The molecule has 0 aliphatic heterocycles. The summed E-state index contributed by atoms with van der Waals surface area (Å²) < 4.78 is 7.15. The van der Waals surface area contributed by atoms with Crippen LogP contribution in [0, 0.1) is 0 Å². The number of benzene rings is 1. The third kappa shape index (κ3) is 3.47. The number of primary amides is 1. The predicted octanol–water partition coefficient (Wildman–Crippen LogP) is 0.912. The molecule has 0 fully saturated rings. The number of carbonyl (C=O) groups excluding carboxylic acids is 1. The molecule has 0 unspecified atom stereocenters. The number of amides is 1. The first-order valence-corrected chi connectivity index (χ1v) is 6.60. The first-order valence-electron chi connectivity index (χ1n) is 5.61. The average Bonchev–Trinajstić information content (AvgIpc) is 2.84. The molecule has 1 aromatic carbocycles. The molecule has 0 aliphatic rings. The molecule has 0 bridgehead atoms. The molecule has 7 heteroatoms. The van der Waals surface area contributed by atoms with Crippen molar-refractivity contribution in [3.05, 3.63) is 36.2 Å². The van der Waals surface area contributed by atoms with Gasteiger partial charge in [0.05, 0.1) is 19.4 Å². The van der Waals surface area contributed by atoms with Crippen LogP contribution in [0.1, 0.15) is 5.56 Å². The highest BCUT2D eigenvalue weighted by molar-refractivity contribution is 7.99. The number of hydrogen-bond donors (Lipinski definition) is 1. The van der Waals surface area contributed by atoms with Crippen LogP contribution >= 0.6 is 11.8 Å². The summed E-state index contributed by atoms with van der Waals surface area (Å²) >= 11 is 1.27. The van der Waals surface area contributed by atoms with E-state index in [1.807, 2.05) is 28.8 Å². The van der Waals surface area contributed by atoms with Crippen LogP contribution in [0.15, 0.2) is 35.7 Å². The number of aromatic nitrogens is 3. The van der Waals surface area contributed by atoms with Crippen molar-refractivity contribution in [2.45, 2.75) is 11.7 Å². The van der Waals surface area contributed by atoms with E-state index in [2.05, 4.69) is 10.2 Å². The first kappa shape index (κ1) is 13.4. The zero-order valence-corrected chi connectivity index (χ0v) is 11.3. The molecule has 0 aliphatic carbocycles. The minimum Gasteiger partial charge on any atom is -0.496 e. The van der Waals surface area contributed by atoms with Crippen LogP contribution in [0.5, 0.6) is 5.75 Å². The van der Waals surface area contributed by atoms with Crippen molar-refractivity contribution < 1.29 is 9.53 Å². The van der Waals surface area contributed by atoms with Gasteiger partial charge in [-0.05, 0) is 6.07 Å². The van der Waals surface area contributed by atoms with Gasteiger partial charge in [0.2, 0.25) is 5.91 Å². The molecule has 1 amide bonds. The van der Waals surface area contributed by atoms with E-state index in [1.54, 1.807) is 13.4 Å². The standard InChI is InChI=1S/C12H14N4O2S/c1-18-10-5-3-2-4-9(10)6-16-8-14-15-12(16)19-7-11(13)17/h2-5,8H,6-7H2,1H3,(H2,13,17). The SMILES string of the molecule is COc1ccccc1Cn1cnnc1SCC(N)=O. The third-order valence-electron chi connectivity index (χ3n) is 2.46. The third-order valence-corrected chi connectivity index (χ3v) is 3.46. The van der Waals surface area contributed by atoms with Crippen LogP contribution < -0.4 is 10.5 Å². The summed E-state index contributed by atoms with van der Waals surface area (Å²) in [6.07, 6.45) is 1.62. The molecule has 0 atom stereocenters. The number of nitrogens with two attached hydrogens (primary N) is 1. The fraction of sp³-hybridized carbons (Fsp3) is 0.250. The lowest BCUT2D eigenvalue weighted by atomic mass is 10.2. The van der Waals surface area contributed by atoms with Crippen molar-refractivity contribution in [2.75, 3.05) is 12.9 Å². The van der Waals surface area contributed by atoms with Crippen molar-refractivity contribution in [1.82, 2.24) is 14.8 Å². The molecule has 2 aromatic rings. The number of carbonyl (C=O) groups is 1. The maximum atomic E-state index is 10.8. The van der Waals surface area contributed by atoms with E-state index in [1.165, 1.54) is 11.8 Å². The van der Waals surface area contributed by atoms with Crippen molar-refractivity contribution in [3.63, 3.8) is 0 Å². The van der Waals surface area contributed by atoms with E-state index in [4.69, 9.17) is 10.5 Å². The lowest BCUT2D eigenvalue weighted by Gasteiger charge is -2.09. The van der Waals surface area contributed by atoms with Gasteiger partial charge in [0.1, 0.15) is 12.1 Å². The fourth-order valence-corrected chi connectivity index (χ4v) is 2.27. The Morgan fingerprint density at radius 3 is 3.00 bits per heavy atom. The Kier molecular flexibility index (Phi) is 4.40. The average molecular weight is 278 g/mol. The topological polar surface area (TPSA) is 83.0 Å². The molecule has 0 spiro atoms. The van der Waals surface area contributed by atoms with E-state index in [-0.39, 0.29) is 11.7 Å². The Morgan fingerprint density at radius 1 is 1.47 bits per heavy atom. The maximum Gasteiger partial charge on any atom is 0.227 e. The summed E-state index contributed by atoms with van der Waals surface area (Å²) in [5.74, 6) is 0.615. The van der Waals surface area contributed by atoms with Crippen LogP contribution in [0.25, 0.3) is 0 Å². The molecule has 0 saturated carbocycles. The van der Waals surface area contributed by atoms with Crippen LogP contribution in [0.4, 0.5) is 0 Å². The Labute approximate surface area is 115 Å². The van der Waals surface area contributed by atoms with Crippen LogP contribution in [0.2, 0.25) is 0 Å². The number of ether oxygens (including phenoxy) is 1. The molecule has 100 valence electrons. The summed E-state index contributed by atoms with van der Waals surface area (Å²) in [5, 5.41) is 8.48. The van der Waals surface area contributed by atoms with E-state index in [9.17, 15) is 4.79 Å². The Morgan fingerprint density at radius 2 is 2.26 bits per heavy atom. The summed E-state index contributed by atoms with van der Waals surface area (Å²) in [6.45, 7) is 0.581. The van der Waals surface area contributed by atoms with Gasteiger partial charge in [-0.1, -0.05) is 30.0 Å². The van der Waals surface area contributed by atoms with Crippen LogP contribution in [-0.4, -0.2) is 33.5 Å². The van der Waals surface area contributed by atoms with Gasteiger partial charge in [-0.2, -0.15) is 0 Å². The van der Waals surface area contributed by atoms with E-state index < -0.39 is 0 Å². The highest BCUT2D eigenvalue weighted by Gasteiger charge is 2.09. The molecule has 1 aromatic heterocycles. The quantitative estimate of drug-likeness (QED) is 0.794. The van der Waals surface area contributed by atoms with E-state index >= 15 is 0 Å². The molecule has 19 heavy (non-hydrogen) atoms. The van der Waals surface area contributed by atoms with Gasteiger partial charge >= 0.3 is 0 Å². The summed E-state index contributed by atoms with van der Waals surface area (Å²) in [5.41, 5.74) is 6.14. The number of rotatable bonds is 6. The van der Waals surface area contributed by atoms with Crippen LogP contribution in [-0.2, 0) is 11.3 Å². The molecule has 0 saturated heterocycles. The van der Waals surface area contributed by atoms with Gasteiger partial charge in [0, 0.05) is 5.56 Å². The summed E-state index contributed by atoms with van der Waals surface area (Å²) in [4.78, 5) is 10.8. The predicted molar refractivity (Wildman–Crippen MR) is 72.0 cm³/mol. The fourth-order valence-electron chi connectivity index (χ4n) is 1.62. The van der Waals surface area contributed by atoms with Gasteiger partial charge < -0.3 is 15.0 Å². The lowest BCUT2D eigenvalue weighted by molar-refractivity contribution is -0.115. The number of para-hydroxylation sites is 1. The second-order valence-electron chi connectivity index (χ2n) is 3.81. The summed E-state index contributed by atoms with van der Waals surface area (Å²) in [6, 6.07) is 7.73. The van der Waals surface area contributed by atoms with Crippen molar-refractivity contribution in [3.8, 4) is 5.75 Å². The maximum absolute atomic E-state index is 10.8. The van der Waals surface area contributed by atoms with Gasteiger partial charge in [0.25, 0.3) is 0 Å². The Balaban J connectivity index is 2.15. The molecular formula is C12H14N4O2S. The van der Waals surface area contributed by atoms with Crippen molar-refractivity contribution in [2.24, 2.45) is 5.73 Å². The molecule has 2 N–H and O–H groups in total. The minimum absolute atomic E-state index is 0.185. The lowest BCUT2D eigenvalue weighted by Crippen LogP contribution is -2.14. The minimum atomic E-state index is -0.378. The smallest absolute Gasteiger partial charge is 0.227 e. The Hall–Kier alpha value is -2.02. The van der Waals surface area contributed by atoms with E-state index in [0.29, 0.717) is 11.7 Å². The van der Waals surface area contributed by atoms with Gasteiger partial charge in [-0.25, -0.2) is 0 Å². The Bertz CT molecular complexity index is 570. The van der Waals surface area contributed by atoms with Gasteiger partial charge in [-0.15, -0.1) is 10.2 Å². The number of nitrogens with zero attached hydrogens (tertiary/aromatic N) is 3. The van der Waals surface area contributed by atoms with Crippen LogP contribution in [0.3, 0.4) is 0 Å². The number of methoxy groups -OCH3 is 1. The first-order chi connectivity index (χ1) is 9.20. The normalized spacial score (nSPS) is 10.4. The molecule has 0 radical (unpaired) electrons. The van der Waals surface area contributed by atoms with Gasteiger partial charge in [0.15, 0.2) is 5.16 Å². The molecule has 1 heterocycles. The largest absolute Gasteiger partial charge is 0.496 e. The van der Waals surface area contributed by atoms with Gasteiger partial charge in [-0.3, -0.25) is 4.79 Å². The highest BCUT2D eigenvalue weighted by atomic mass is 32.2. The number of hydrogen-bond acceptors (Lipinski definition) is 5. The molecular weight excluding hydrogens is 264 g/mol. The van der Waals surface area contributed by atoms with Crippen molar-refractivity contribution in [1.29, 1.82) is 0 Å². The summed E-state index contributed by atoms with van der Waals surface area (Å²) in [7, 11) is 1.63. The van der Waals surface area contributed by atoms with Crippen molar-refractivity contribution >= 4 is 17.7 Å². The monoisotopic (exact) mass is 278 g/mol. The van der Waals surface area contributed by atoms with E-state index in [0.717, 1.165) is 11.3 Å². The zero-order valence-electron chi connectivity index (χ0n) is 10.4. The number of thioether (sulfide) groups is 1. The highest BCUT2D eigenvalue weighted by Crippen LogP contribution is 2.21. The molecule has 6 nitrogen and oxygen atoms in total. The second-order valence-corrected chi connectivity index (χ2v) is 4.75. The molecule has 2 rings (SSSR count).